The van der Waals surface area contributed by atoms with Crippen molar-refractivity contribution in [1.82, 2.24) is 15.2 Å². The van der Waals surface area contributed by atoms with Crippen LogP contribution in [0.2, 0.25) is 0 Å². The average Bonchev–Trinajstić information content (AvgIpc) is 2.52. The first-order chi connectivity index (χ1) is 10.2. The van der Waals surface area contributed by atoms with Gasteiger partial charge in [0.15, 0.2) is 0 Å². The molecule has 0 aromatic carbocycles. The number of carbonyl (C=O) groups excluding carboxylic acids is 1. The number of anilines is 1. The molecule has 1 N–H and O–H groups in total. The molecule has 1 amide bonds. The van der Waals surface area contributed by atoms with Crippen molar-refractivity contribution in [2.45, 2.75) is 6.42 Å². The van der Waals surface area contributed by atoms with Gasteiger partial charge in [-0.3, -0.25) is 9.69 Å². The summed E-state index contributed by atoms with van der Waals surface area (Å²) in [6.07, 6.45) is 2.57. The van der Waals surface area contributed by atoms with E-state index in [9.17, 15) is 4.79 Å². The summed E-state index contributed by atoms with van der Waals surface area (Å²) in [4.78, 5) is 20.5. The molecule has 0 bridgehead atoms. The lowest BCUT2D eigenvalue weighted by molar-refractivity contribution is 0.0374. The third-order valence-corrected chi connectivity index (χ3v) is 3.51. The van der Waals surface area contributed by atoms with E-state index in [1.165, 1.54) is 0 Å². The highest BCUT2D eigenvalue weighted by Crippen LogP contribution is 2.07. The zero-order chi connectivity index (χ0) is 15.1. The minimum atomic E-state index is -0.0604. The average molecular weight is 292 g/mol. The molecule has 0 spiro atoms. The summed E-state index contributed by atoms with van der Waals surface area (Å²) in [6, 6.07) is 3.66. The molecule has 0 saturated carbocycles. The van der Waals surface area contributed by atoms with Gasteiger partial charge in [-0.15, -0.1) is 0 Å². The highest BCUT2D eigenvalue weighted by molar-refractivity contribution is 5.94. The Morgan fingerprint density at radius 1 is 1.38 bits per heavy atom. The number of morpholine rings is 1. The fourth-order valence-electron chi connectivity index (χ4n) is 2.22. The van der Waals surface area contributed by atoms with Crippen molar-refractivity contribution < 1.29 is 9.53 Å². The predicted molar refractivity (Wildman–Crippen MR) is 82.8 cm³/mol. The maximum Gasteiger partial charge on any atom is 0.252 e. The first kappa shape index (κ1) is 15.7. The van der Waals surface area contributed by atoms with E-state index in [-0.39, 0.29) is 5.91 Å². The topological polar surface area (TPSA) is 57.7 Å². The lowest BCUT2D eigenvalue weighted by Crippen LogP contribution is -2.38. The molecule has 21 heavy (non-hydrogen) atoms. The second-order valence-corrected chi connectivity index (χ2v) is 5.36. The van der Waals surface area contributed by atoms with E-state index >= 15 is 0 Å². The Kier molecular flexibility index (Phi) is 5.95. The summed E-state index contributed by atoms with van der Waals surface area (Å²) >= 11 is 0. The summed E-state index contributed by atoms with van der Waals surface area (Å²) < 4.78 is 5.31. The molecular formula is C15H24N4O2. The number of nitrogens with zero attached hydrogens (tertiary/aromatic N) is 3. The minimum absolute atomic E-state index is 0.0604. The third-order valence-electron chi connectivity index (χ3n) is 3.51. The molecule has 6 heteroatoms. The van der Waals surface area contributed by atoms with Gasteiger partial charge in [0, 0.05) is 39.9 Å². The SMILES string of the molecule is CN(C)c1ccc(C(=O)NCCCN2CCOCC2)cn1. The Hall–Kier alpha value is -1.66. The fraction of sp³-hybridized carbons (Fsp3) is 0.600. The van der Waals surface area contributed by atoms with Gasteiger partial charge in [-0.05, 0) is 25.1 Å². The zero-order valence-corrected chi connectivity index (χ0v) is 12.8. The maximum atomic E-state index is 12.0. The van der Waals surface area contributed by atoms with Crippen LogP contribution in [-0.2, 0) is 4.74 Å². The van der Waals surface area contributed by atoms with Crippen molar-refractivity contribution in [1.29, 1.82) is 0 Å². The number of amides is 1. The van der Waals surface area contributed by atoms with Gasteiger partial charge in [0.1, 0.15) is 5.82 Å². The largest absolute Gasteiger partial charge is 0.379 e. The Morgan fingerprint density at radius 2 is 2.14 bits per heavy atom. The summed E-state index contributed by atoms with van der Waals surface area (Å²) in [5, 5.41) is 2.94. The summed E-state index contributed by atoms with van der Waals surface area (Å²) in [5.41, 5.74) is 0.604. The molecule has 1 saturated heterocycles. The van der Waals surface area contributed by atoms with Crippen molar-refractivity contribution >= 4 is 11.7 Å². The fourth-order valence-corrected chi connectivity index (χ4v) is 2.22. The van der Waals surface area contributed by atoms with Crippen LogP contribution in [0.1, 0.15) is 16.8 Å². The molecule has 6 nitrogen and oxygen atoms in total. The number of carbonyl (C=O) groups is 1. The molecule has 0 radical (unpaired) electrons. The van der Waals surface area contributed by atoms with Gasteiger partial charge < -0.3 is 15.0 Å². The number of pyridine rings is 1. The van der Waals surface area contributed by atoms with Crippen molar-refractivity contribution in [3.63, 3.8) is 0 Å². The van der Waals surface area contributed by atoms with Crippen LogP contribution in [-0.4, -0.2) is 69.3 Å². The molecule has 1 aliphatic heterocycles. The van der Waals surface area contributed by atoms with Gasteiger partial charge >= 0.3 is 0 Å². The smallest absolute Gasteiger partial charge is 0.252 e. The van der Waals surface area contributed by atoms with Gasteiger partial charge in [-0.1, -0.05) is 0 Å². The second kappa shape index (κ2) is 7.95. The van der Waals surface area contributed by atoms with Crippen LogP contribution in [0, 0.1) is 0 Å². The van der Waals surface area contributed by atoms with E-state index in [1.807, 2.05) is 25.1 Å². The molecule has 0 unspecified atom stereocenters. The van der Waals surface area contributed by atoms with E-state index in [4.69, 9.17) is 4.74 Å². The lowest BCUT2D eigenvalue weighted by atomic mass is 10.2. The molecular weight excluding hydrogens is 268 g/mol. The normalized spacial score (nSPS) is 15.7. The van der Waals surface area contributed by atoms with Gasteiger partial charge in [-0.25, -0.2) is 4.98 Å². The predicted octanol–water partition coefficient (Wildman–Crippen LogP) is 0.600. The molecule has 0 aliphatic carbocycles. The van der Waals surface area contributed by atoms with Crippen molar-refractivity contribution in [3.8, 4) is 0 Å². The van der Waals surface area contributed by atoms with Crippen LogP contribution in [0.15, 0.2) is 18.3 Å². The highest BCUT2D eigenvalue weighted by Gasteiger charge is 2.10. The summed E-state index contributed by atoms with van der Waals surface area (Å²) in [6.45, 7) is 5.30. The molecule has 2 rings (SSSR count). The van der Waals surface area contributed by atoms with Crippen LogP contribution in [0.3, 0.4) is 0 Å². The molecule has 1 aromatic rings. The van der Waals surface area contributed by atoms with E-state index in [0.717, 1.165) is 45.1 Å². The van der Waals surface area contributed by atoms with Gasteiger partial charge in [0.25, 0.3) is 5.91 Å². The van der Waals surface area contributed by atoms with Crippen LogP contribution in [0.5, 0.6) is 0 Å². The zero-order valence-electron chi connectivity index (χ0n) is 12.8. The quantitative estimate of drug-likeness (QED) is 0.778. The van der Waals surface area contributed by atoms with Gasteiger partial charge in [0.2, 0.25) is 0 Å². The number of aromatic nitrogens is 1. The lowest BCUT2D eigenvalue weighted by Gasteiger charge is -2.26. The first-order valence-corrected chi connectivity index (χ1v) is 7.38. The van der Waals surface area contributed by atoms with E-state index in [2.05, 4.69) is 15.2 Å². The maximum absolute atomic E-state index is 12.0. The second-order valence-electron chi connectivity index (χ2n) is 5.36. The third kappa shape index (κ3) is 4.99. The molecule has 1 aromatic heterocycles. The van der Waals surface area contributed by atoms with Crippen LogP contribution in [0.4, 0.5) is 5.82 Å². The van der Waals surface area contributed by atoms with Gasteiger partial charge in [0.05, 0.1) is 18.8 Å². The summed E-state index contributed by atoms with van der Waals surface area (Å²) in [5.74, 6) is 0.786. The molecule has 0 atom stereocenters. The van der Waals surface area contributed by atoms with Crippen molar-refractivity contribution in [2.24, 2.45) is 0 Å². The van der Waals surface area contributed by atoms with Crippen molar-refractivity contribution in [3.05, 3.63) is 23.9 Å². The van der Waals surface area contributed by atoms with Crippen LogP contribution >= 0.6 is 0 Å². The standard InChI is InChI=1S/C15H24N4O2/c1-18(2)14-5-4-13(12-17-14)15(20)16-6-3-7-19-8-10-21-11-9-19/h4-5,12H,3,6-11H2,1-2H3,(H,16,20). The number of nitrogens with one attached hydrogen (secondary N) is 1. The Balaban J connectivity index is 1.69. The molecule has 1 fully saturated rings. The summed E-state index contributed by atoms with van der Waals surface area (Å²) in [7, 11) is 3.85. The number of ether oxygens (including phenoxy) is 1. The van der Waals surface area contributed by atoms with Crippen LogP contribution in [0.25, 0.3) is 0 Å². The number of rotatable bonds is 6. The number of hydrogen-bond donors (Lipinski definition) is 1. The Bertz CT molecular complexity index is 441. The number of hydrogen-bond acceptors (Lipinski definition) is 5. The molecule has 2 heterocycles. The minimum Gasteiger partial charge on any atom is -0.379 e. The van der Waals surface area contributed by atoms with Crippen molar-refractivity contribution in [2.75, 3.05) is 58.4 Å². The Morgan fingerprint density at radius 3 is 2.76 bits per heavy atom. The van der Waals surface area contributed by atoms with E-state index in [1.54, 1.807) is 12.3 Å². The molecule has 116 valence electrons. The van der Waals surface area contributed by atoms with Gasteiger partial charge in [-0.2, -0.15) is 0 Å². The van der Waals surface area contributed by atoms with E-state index in [0.29, 0.717) is 12.1 Å². The van der Waals surface area contributed by atoms with E-state index < -0.39 is 0 Å². The van der Waals surface area contributed by atoms with Crippen LogP contribution < -0.4 is 10.2 Å². The highest BCUT2D eigenvalue weighted by atomic mass is 16.5. The first-order valence-electron chi connectivity index (χ1n) is 7.38. The monoisotopic (exact) mass is 292 g/mol. The Labute approximate surface area is 126 Å². The molecule has 1 aliphatic rings.